The lowest BCUT2D eigenvalue weighted by atomic mass is 10.2. The van der Waals surface area contributed by atoms with Gasteiger partial charge in [-0.1, -0.05) is 23.9 Å². The highest BCUT2D eigenvalue weighted by Crippen LogP contribution is 2.30. The molecule has 2 N–H and O–H groups in total. The molecule has 0 bridgehead atoms. The van der Waals surface area contributed by atoms with E-state index < -0.39 is 17.0 Å². The minimum absolute atomic E-state index is 0.153. The molecule has 29 heavy (non-hydrogen) atoms. The van der Waals surface area contributed by atoms with Crippen LogP contribution in [-0.4, -0.2) is 37.5 Å². The van der Waals surface area contributed by atoms with Crippen LogP contribution >= 0.6 is 11.8 Å². The van der Waals surface area contributed by atoms with Crippen molar-refractivity contribution in [3.8, 4) is 17.2 Å². The van der Waals surface area contributed by atoms with Gasteiger partial charge in [-0.25, -0.2) is 4.79 Å². The Bertz CT molecular complexity index is 1180. The number of benzene rings is 1. The van der Waals surface area contributed by atoms with Crippen molar-refractivity contribution in [2.24, 2.45) is 14.1 Å². The van der Waals surface area contributed by atoms with Crippen molar-refractivity contribution in [3.05, 3.63) is 50.7 Å². The first-order valence-corrected chi connectivity index (χ1v) is 9.60. The van der Waals surface area contributed by atoms with E-state index in [1.807, 2.05) is 19.1 Å². The Morgan fingerprint density at radius 3 is 2.66 bits per heavy atom. The lowest BCUT2D eigenvalue weighted by Crippen LogP contribution is -2.41. The Kier molecular flexibility index (Phi) is 5.87. The first-order chi connectivity index (χ1) is 13.8. The Hall–Kier alpha value is -3.34. The second-order valence-electron chi connectivity index (χ2n) is 5.98. The van der Waals surface area contributed by atoms with Gasteiger partial charge in [0.1, 0.15) is 17.1 Å². The largest absolute Gasteiger partial charge is 0.493 e. The second-order valence-corrected chi connectivity index (χ2v) is 6.91. The molecule has 0 aliphatic heterocycles. The number of hydrogen-bond acceptors (Lipinski definition) is 9. The number of rotatable bonds is 7. The summed E-state index contributed by atoms with van der Waals surface area (Å²) in [5.41, 5.74) is 4.84. The Morgan fingerprint density at radius 1 is 1.21 bits per heavy atom. The van der Waals surface area contributed by atoms with Crippen molar-refractivity contribution in [2.45, 2.75) is 12.1 Å². The third-order valence-corrected chi connectivity index (χ3v) is 4.96. The smallest absolute Gasteiger partial charge is 0.332 e. The van der Waals surface area contributed by atoms with Gasteiger partial charge in [0.05, 0.1) is 17.9 Å². The van der Waals surface area contributed by atoms with Crippen LogP contribution in [0.5, 0.6) is 5.75 Å². The number of hydrogen-bond donors (Lipinski definition) is 1. The van der Waals surface area contributed by atoms with Crippen LogP contribution in [0.3, 0.4) is 0 Å². The number of carbonyl (C=O) groups is 1. The second kappa shape index (κ2) is 8.35. The van der Waals surface area contributed by atoms with E-state index in [0.29, 0.717) is 17.9 Å². The topological polar surface area (TPSA) is 135 Å². The SMILES string of the molecule is CCOc1ccccc1-c1nnc(SCC(=O)c2c(N)n(C)c(=O)n(C)c2=O)o1. The minimum Gasteiger partial charge on any atom is -0.493 e. The number of nitrogens with two attached hydrogens (primary N) is 1. The normalized spacial score (nSPS) is 10.9. The Labute approximate surface area is 169 Å². The standard InChI is InChI=1S/C18H19N5O5S/c1-4-27-12-8-6-5-7-10(12)15-20-21-17(28-15)29-9-11(24)13-14(19)22(2)18(26)23(3)16(13)25/h5-8H,4,9,19H2,1-3H3. The van der Waals surface area contributed by atoms with Gasteiger partial charge in [-0.2, -0.15) is 0 Å². The fourth-order valence-electron chi connectivity index (χ4n) is 2.62. The molecule has 0 fully saturated rings. The van der Waals surface area contributed by atoms with Gasteiger partial charge >= 0.3 is 5.69 Å². The fraction of sp³-hybridized carbons (Fsp3) is 0.278. The zero-order valence-electron chi connectivity index (χ0n) is 16.0. The predicted molar refractivity (Wildman–Crippen MR) is 107 cm³/mol. The maximum absolute atomic E-state index is 12.6. The lowest BCUT2D eigenvalue weighted by Gasteiger charge is -2.10. The van der Waals surface area contributed by atoms with Crippen LogP contribution in [0.15, 0.2) is 43.5 Å². The Balaban J connectivity index is 1.80. The fourth-order valence-corrected chi connectivity index (χ4v) is 3.26. The van der Waals surface area contributed by atoms with E-state index in [1.165, 1.54) is 14.1 Å². The maximum atomic E-state index is 12.6. The van der Waals surface area contributed by atoms with E-state index in [2.05, 4.69) is 10.2 Å². The van der Waals surface area contributed by atoms with Crippen molar-refractivity contribution >= 4 is 23.4 Å². The van der Waals surface area contributed by atoms with Crippen LogP contribution in [0.4, 0.5) is 5.82 Å². The molecule has 0 saturated heterocycles. The lowest BCUT2D eigenvalue weighted by molar-refractivity contribution is 0.102. The van der Waals surface area contributed by atoms with Gasteiger partial charge in [-0.05, 0) is 19.1 Å². The number of Topliss-reactive ketones (excluding diaryl/α,β-unsaturated/α-hetero) is 1. The van der Waals surface area contributed by atoms with Gasteiger partial charge in [-0.3, -0.25) is 18.7 Å². The summed E-state index contributed by atoms with van der Waals surface area (Å²) >= 11 is 0.970. The van der Waals surface area contributed by atoms with Crippen molar-refractivity contribution < 1.29 is 13.9 Å². The van der Waals surface area contributed by atoms with Crippen LogP contribution in [0.1, 0.15) is 17.3 Å². The molecule has 0 aliphatic carbocycles. The zero-order valence-corrected chi connectivity index (χ0v) is 16.9. The van der Waals surface area contributed by atoms with E-state index in [0.717, 1.165) is 20.9 Å². The maximum Gasteiger partial charge on any atom is 0.332 e. The van der Waals surface area contributed by atoms with Gasteiger partial charge < -0.3 is 14.9 Å². The summed E-state index contributed by atoms with van der Waals surface area (Å²) in [6.45, 7) is 2.35. The highest BCUT2D eigenvalue weighted by atomic mass is 32.2. The first-order valence-electron chi connectivity index (χ1n) is 8.62. The highest BCUT2D eigenvalue weighted by molar-refractivity contribution is 7.99. The summed E-state index contributed by atoms with van der Waals surface area (Å²) in [6.07, 6.45) is 0. The van der Waals surface area contributed by atoms with Gasteiger partial charge in [0, 0.05) is 14.1 Å². The number of ether oxygens (including phenoxy) is 1. The monoisotopic (exact) mass is 417 g/mol. The number of nitrogens with zero attached hydrogens (tertiary/aromatic N) is 4. The molecular weight excluding hydrogens is 398 g/mol. The third-order valence-electron chi connectivity index (χ3n) is 4.14. The number of para-hydroxylation sites is 1. The Morgan fingerprint density at radius 2 is 1.93 bits per heavy atom. The van der Waals surface area contributed by atoms with Gasteiger partial charge in [0.2, 0.25) is 0 Å². The van der Waals surface area contributed by atoms with Crippen LogP contribution in [-0.2, 0) is 14.1 Å². The van der Waals surface area contributed by atoms with Crippen LogP contribution in [0.2, 0.25) is 0 Å². The molecule has 3 aromatic rings. The van der Waals surface area contributed by atoms with Crippen LogP contribution in [0, 0.1) is 0 Å². The zero-order chi connectivity index (χ0) is 21.1. The average molecular weight is 417 g/mol. The number of thioether (sulfide) groups is 1. The summed E-state index contributed by atoms with van der Waals surface area (Å²) < 4.78 is 13.0. The number of ketones is 1. The van der Waals surface area contributed by atoms with E-state index in [-0.39, 0.29) is 28.2 Å². The molecule has 1 aromatic carbocycles. The number of aromatic nitrogens is 4. The van der Waals surface area contributed by atoms with Crippen LogP contribution < -0.4 is 21.7 Å². The van der Waals surface area contributed by atoms with Gasteiger partial charge in [-0.15, -0.1) is 10.2 Å². The molecule has 11 heteroatoms. The summed E-state index contributed by atoms with van der Waals surface area (Å²) in [5.74, 6) is -0.0279. The van der Waals surface area contributed by atoms with Gasteiger partial charge in [0.25, 0.3) is 16.7 Å². The molecule has 0 amide bonds. The predicted octanol–water partition coefficient (Wildman–Crippen LogP) is 1.09. The molecule has 0 atom stereocenters. The molecule has 0 unspecified atom stereocenters. The molecule has 2 aromatic heterocycles. The molecule has 10 nitrogen and oxygen atoms in total. The summed E-state index contributed by atoms with van der Waals surface area (Å²) in [7, 11) is 2.68. The van der Waals surface area contributed by atoms with Crippen molar-refractivity contribution in [3.63, 3.8) is 0 Å². The molecule has 152 valence electrons. The first kappa shape index (κ1) is 20.4. The van der Waals surface area contributed by atoms with Crippen LogP contribution in [0.25, 0.3) is 11.5 Å². The summed E-state index contributed by atoms with van der Waals surface area (Å²) in [5, 5.41) is 8.07. The van der Waals surface area contributed by atoms with Crippen molar-refractivity contribution in [2.75, 3.05) is 18.1 Å². The molecule has 0 spiro atoms. The summed E-state index contributed by atoms with van der Waals surface area (Å²) in [4.78, 5) is 36.7. The summed E-state index contributed by atoms with van der Waals surface area (Å²) in [6, 6.07) is 7.22. The minimum atomic E-state index is -0.743. The van der Waals surface area contributed by atoms with E-state index in [1.54, 1.807) is 12.1 Å². The molecule has 2 heterocycles. The quantitative estimate of drug-likeness (QED) is 0.442. The molecule has 0 radical (unpaired) electrons. The van der Waals surface area contributed by atoms with Crippen molar-refractivity contribution in [1.82, 2.24) is 19.3 Å². The molecule has 0 saturated carbocycles. The number of carbonyl (C=O) groups excluding carboxylic acids is 1. The highest BCUT2D eigenvalue weighted by Gasteiger charge is 2.21. The van der Waals surface area contributed by atoms with E-state index in [4.69, 9.17) is 14.9 Å². The third kappa shape index (κ3) is 3.94. The number of nitrogen functional groups attached to an aromatic ring is 1. The number of anilines is 1. The van der Waals surface area contributed by atoms with Crippen molar-refractivity contribution in [1.29, 1.82) is 0 Å². The molecule has 3 rings (SSSR count). The average Bonchev–Trinajstić information content (AvgIpc) is 3.19. The molecular formula is C18H19N5O5S. The molecule has 0 aliphatic rings. The van der Waals surface area contributed by atoms with Gasteiger partial charge in [0.15, 0.2) is 5.78 Å². The van der Waals surface area contributed by atoms with E-state index in [9.17, 15) is 14.4 Å². The van der Waals surface area contributed by atoms with E-state index >= 15 is 0 Å².